The van der Waals surface area contributed by atoms with Crippen LogP contribution in [0.2, 0.25) is 0 Å². The molecule has 6 aliphatic rings. The molecule has 49 heavy (non-hydrogen) atoms. The van der Waals surface area contributed by atoms with E-state index in [1.54, 1.807) is 11.1 Å². The Morgan fingerprint density at radius 1 is 0.510 bits per heavy atom. The summed E-state index contributed by atoms with van der Waals surface area (Å²) >= 11 is 0. The van der Waals surface area contributed by atoms with Crippen LogP contribution in [-0.2, 0) is 16.2 Å². The van der Waals surface area contributed by atoms with E-state index in [0.29, 0.717) is 5.41 Å². The average molecular weight is 638 g/mol. The van der Waals surface area contributed by atoms with Gasteiger partial charge in [-0.2, -0.15) is 0 Å². The molecule has 0 saturated heterocycles. The zero-order valence-corrected chi connectivity index (χ0v) is 29.5. The monoisotopic (exact) mass is 637 g/mol. The van der Waals surface area contributed by atoms with Crippen molar-refractivity contribution >= 4 is 17.1 Å². The molecule has 5 aromatic carbocycles. The third-order valence-electron chi connectivity index (χ3n) is 15.2. The highest BCUT2D eigenvalue weighted by Gasteiger charge is 2.84. The fourth-order valence-electron chi connectivity index (χ4n) is 13.1. The van der Waals surface area contributed by atoms with Gasteiger partial charge in [0.05, 0.1) is 0 Å². The van der Waals surface area contributed by atoms with Crippen molar-refractivity contribution in [1.29, 1.82) is 0 Å². The van der Waals surface area contributed by atoms with Crippen molar-refractivity contribution in [2.24, 2.45) is 29.1 Å². The molecule has 0 radical (unpaired) electrons. The molecule has 0 heterocycles. The number of anilines is 3. The molecular formula is C48H47N. The molecule has 0 N–H and O–H groups in total. The predicted molar refractivity (Wildman–Crippen MR) is 203 cm³/mol. The van der Waals surface area contributed by atoms with E-state index in [-0.39, 0.29) is 16.2 Å². The Morgan fingerprint density at radius 3 is 1.94 bits per heavy atom. The van der Waals surface area contributed by atoms with Gasteiger partial charge in [0.25, 0.3) is 0 Å². The van der Waals surface area contributed by atoms with Crippen LogP contribution < -0.4 is 4.90 Å². The van der Waals surface area contributed by atoms with E-state index in [1.165, 1.54) is 89.0 Å². The molecular weight excluding hydrogens is 591 g/mol. The van der Waals surface area contributed by atoms with E-state index in [1.807, 2.05) is 0 Å². The fraction of sp³-hybridized carbons (Fsp3) is 0.375. The van der Waals surface area contributed by atoms with Gasteiger partial charge in [0.2, 0.25) is 0 Å². The summed E-state index contributed by atoms with van der Waals surface area (Å²) in [4.78, 5) is 2.47. The first kappa shape index (κ1) is 28.7. The Kier molecular flexibility index (Phi) is 5.49. The van der Waals surface area contributed by atoms with Gasteiger partial charge in [-0.3, -0.25) is 0 Å². The van der Waals surface area contributed by atoms with Gasteiger partial charge in [-0.15, -0.1) is 0 Å². The van der Waals surface area contributed by atoms with Crippen LogP contribution in [0.15, 0.2) is 115 Å². The average Bonchev–Trinajstić information content (AvgIpc) is 3.75. The Hall–Kier alpha value is -4.10. The first-order valence-corrected chi connectivity index (χ1v) is 19.1. The quantitative estimate of drug-likeness (QED) is 0.189. The van der Waals surface area contributed by atoms with E-state index >= 15 is 0 Å². The summed E-state index contributed by atoms with van der Waals surface area (Å²) in [7, 11) is 0. The van der Waals surface area contributed by atoms with Gasteiger partial charge in [-0.05, 0) is 159 Å². The number of fused-ring (bicyclic) bond motifs is 9. The summed E-state index contributed by atoms with van der Waals surface area (Å²) in [5.74, 6) is 3.67. The molecule has 4 saturated carbocycles. The summed E-state index contributed by atoms with van der Waals surface area (Å²) in [6, 6.07) is 44.6. The minimum Gasteiger partial charge on any atom is -0.310 e. The van der Waals surface area contributed by atoms with Crippen LogP contribution in [-0.4, -0.2) is 0 Å². The largest absolute Gasteiger partial charge is 0.310 e. The second-order valence-corrected chi connectivity index (χ2v) is 18.1. The van der Waals surface area contributed by atoms with Crippen molar-refractivity contribution in [2.45, 2.75) is 82.5 Å². The second-order valence-electron chi connectivity index (χ2n) is 18.1. The first-order chi connectivity index (χ1) is 23.7. The summed E-state index contributed by atoms with van der Waals surface area (Å²) < 4.78 is 0. The van der Waals surface area contributed by atoms with Crippen LogP contribution in [0.1, 0.15) is 88.5 Å². The van der Waals surface area contributed by atoms with Gasteiger partial charge < -0.3 is 4.90 Å². The van der Waals surface area contributed by atoms with Gasteiger partial charge >= 0.3 is 0 Å². The lowest BCUT2D eigenvalue weighted by Crippen LogP contribution is -2.73. The number of rotatable bonds is 4. The summed E-state index contributed by atoms with van der Waals surface area (Å²) in [6.07, 6.45) is 8.41. The minimum atomic E-state index is 0.202. The van der Waals surface area contributed by atoms with E-state index in [0.717, 1.165) is 23.7 Å². The van der Waals surface area contributed by atoms with Crippen LogP contribution in [0.4, 0.5) is 17.1 Å². The van der Waals surface area contributed by atoms with Gasteiger partial charge in [0, 0.05) is 22.5 Å². The number of hydrogen-bond donors (Lipinski definition) is 0. The topological polar surface area (TPSA) is 3.24 Å². The third kappa shape index (κ3) is 3.48. The summed E-state index contributed by atoms with van der Waals surface area (Å²) in [6.45, 7) is 9.67. The molecule has 0 aliphatic heterocycles. The minimum absolute atomic E-state index is 0.202. The molecule has 5 aromatic rings. The molecule has 6 unspecified atom stereocenters. The normalized spacial score (nSPS) is 31.3. The number of benzene rings is 5. The maximum absolute atomic E-state index is 2.55. The van der Waals surface area contributed by atoms with Crippen molar-refractivity contribution in [1.82, 2.24) is 0 Å². The number of hydrogen-bond acceptors (Lipinski definition) is 1. The Balaban J connectivity index is 1.00. The SMILES string of the molecule is CC1(C)CCC(C)(C)c2cc(-c3ccc(N(c4ccccc4)c4ccc5c(c4)-c4ccccc4C54C5CC6CC7CC4C75C6)cc3)ccc21. The molecule has 0 amide bonds. The molecule has 1 heteroatoms. The van der Waals surface area contributed by atoms with Crippen LogP contribution in [0, 0.1) is 29.1 Å². The van der Waals surface area contributed by atoms with E-state index in [4.69, 9.17) is 0 Å². The Bertz CT molecular complexity index is 2170. The molecule has 0 aromatic heterocycles. The van der Waals surface area contributed by atoms with E-state index < -0.39 is 0 Å². The van der Waals surface area contributed by atoms with Crippen LogP contribution >= 0.6 is 0 Å². The maximum atomic E-state index is 2.55. The van der Waals surface area contributed by atoms with Crippen molar-refractivity contribution in [3.8, 4) is 22.3 Å². The van der Waals surface area contributed by atoms with Crippen LogP contribution in [0.5, 0.6) is 0 Å². The first-order valence-electron chi connectivity index (χ1n) is 19.1. The van der Waals surface area contributed by atoms with Gasteiger partial charge in [0.15, 0.2) is 0 Å². The zero-order valence-electron chi connectivity index (χ0n) is 29.5. The lowest BCUT2D eigenvalue weighted by Gasteiger charge is -2.76. The molecule has 11 rings (SSSR count). The number of para-hydroxylation sites is 1. The van der Waals surface area contributed by atoms with Crippen LogP contribution in [0.25, 0.3) is 22.3 Å². The lowest BCUT2D eigenvalue weighted by atomic mass is 9.27. The highest BCUT2D eigenvalue weighted by molar-refractivity contribution is 5.88. The molecule has 6 aliphatic carbocycles. The van der Waals surface area contributed by atoms with Gasteiger partial charge in [0.1, 0.15) is 0 Å². The maximum Gasteiger partial charge on any atom is 0.0468 e. The lowest BCUT2D eigenvalue weighted by molar-refractivity contribution is -0.231. The fourth-order valence-corrected chi connectivity index (χ4v) is 13.1. The number of nitrogens with zero attached hydrogens (tertiary/aromatic N) is 1. The Morgan fingerprint density at radius 2 is 1.14 bits per heavy atom. The van der Waals surface area contributed by atoms with Gasteiger partial charge in [-0.25, -0.2) is 0 Å². The van der Waals surface area contributed by atoms with Crippen molar-refractivity contribution in [3.05, 3.63) is 138 Å². The summed E-state index contributed by atoms with van der Waals surface area (Å²) in [5, 5.41) is 0. The molecule has 1 nitrogen and oxygen atoms in total. The van der Waals surface area contributed by atoms with Crippen molar-refractivity contribution < 1.29 is 0 Å². The van der Waals surface area contributed by atoms with Crippen LogP contribution in [0.3, 0.4) is 0 Å². The summed E-state index contributed by atoms with van der Waals surface area (Å²) in [5.41, 5.74) is 16.9. The van der Waals surface area contributed by atoms with E-state index in [9.17, 15) is 0 Å². The second kappa shape index (κ2) is 9.36. The predicted octanol–water partition coefficient (Wildman–Crippen LogP) is 12.5. The molecule has 2 bridgehead atoms. The highest BCUT2D eigenvalue weighted by atomic mass is 15.1. The van der Waals surface area contributed by atoms with E-state index in [2.05, 4.69) is 148 Å². The van der Waals surface area contributed by atoms with Crippen molar-refractivity contribution in [3.63, 3.8) is 0 Å². The molecule has 6 atom stereocenters. The zero-order chi connectivity index (χ0) is 32.9. The standard InChI is InChI=1S/C48H47N/c1-45(2)22-23-46(3,4)42-26-32(16-20-41(42)45)31-14-17-35(18-15-31)49(34-10-6-5-7-11-34)36-19-21-40-38(28-36)37-12-8-9-13-39(37)48(40)43-25-30-24-33-27-44(48)47(33,43)29-30/h5-21,26,28,30,33,43-44H,22-25,27,29H2,1-4H3. The van der Waals surface area contributed by atoms with Gasteiger partial charge in [-0.1, -0.05) is 107 Å². The smallest absolute Gasteiger partial charge is 0.0468 e. The van der Waals surface area contributed by atoms with Crippen molar-refractivity contribution in [2.75, 3.05) is 4.90 Å². The molecule has 4 fully saturated rings. The third-order valence-corrected chi connectivity index (χ3v) is 15.2. The highest BCUT2D eigenvalue weighted by Crippen LogP contribution is 2.89. The molecule has 244 valence electrons. The Labute approximate surface area is 292 Å². The molecule has 2 spiro atoms.